The predicted molar refractivity (Wildman–Crippen MR) is 145 cm³/mol. The van der Waals surface area contributed by atoms with Crippen LogP contribution < -0.4 is 16.5 Å². The second-order valence-corrected chi connectivity index (χ2v) is 12.8. The lowest BCUT2D eigenvalue weighted by molar-refractivity contribution is -0.136. The summed E-state index contributed by atoms with van der Waals surface area (Å²) in [7, 11) is 2.13. The third-order valence-corrected chi connectivity index (χ3v) is 10.0. The molecular formula is C29H43F3N6O. The summed E-state index contributed by atoms with van der Waals surface area (Å²) in [5.41, 5.74) is 6.24. The maximum atomic E-state index is 14.3. The van der Waals surface area contributed by atoms with Gasteiger partial charge in [0.05, 0.1) is 23.9 Å². The molecule has 2 aromatic rings. The van der Waals surface area contributed by atoms with Gasteiger partial charge in [-0.1, -0.05) is 32.6 Å². The molecule has 2 N–H and O–H groups in total. The van der Waals surface area contributed by atoms with Gasteiger partial charge in [0.25, 0.3) is 0 Å². The van der Waals surface area contributed by atoms with Crippen molar-refractivity contribution in [1.29, 1.82) is 0 Å². The zero-order chi connectivity index (χ0) is 27.3. The van der Waals surface area contributed by atoms with Crippen molar-refractivity contribution in [3.05, 3.63) is 40.1 Å². The van der Waals surface area contributed by atoms with Gasteiger partial charge in [-0.2, -0.15) is 13.2 Å². The van der Waals surface area contributed by atoms with Crippen LogP contribution in [0.5, 0.6) is 0 Å². The normalized spacial score (nSPS) is 30.6. The summed E-state index contributed by atoms with van der Waals surface area (Å²) in [5.74, 6) is 2.10. The molecule has 4 fully saturated rings. The van der Waals surface area contributed by atoms with Gasteiger partial charge >= 0.3 is 11.9 Å². The Morgan fingerprint density at radius 2 is 1.82 bits per heavy atom. The molecule has 6 rings (SSSR count). The Bertz CT molecular complexity index is 1220. The standard InChI is InChI=1S/C29H43F3N6O/c1-19-6-5-11-36(14-19)15-20-12-24(29(30,31)32)25-17-37(28(39)38(25)16-20)23-10-4-9-22(13-23)26(21-7-3-8-21)27-34-33-18-35(27)2/h12,16-17,19,21-23,26-27,33-34H,3-11,13-15,18H2,1-2H3/t19-,22?,23?,26-,27?/m0/s1. The van der Waals surface area contributed by atoms with Crippen LogP contribution in [0, 0.1) is 23.7 Å². The zero-order valence-corrected chi connectivity index (χ0v) is 23.2. The largest absolute Gasteiger partial charge is 0.418 e. The maximum absolute atomic E-state index is 14.3. The second kappa shape index (κ2) is 10.8. The minimum Gasteiger partial charge on any atom is -0.299 e. The van der Waals surface area contributed by atoms with E-state index in [1.54, 1.807) is 10.8 Å². The maximum Gasteiger partial charge on any atom is 0.418 e. The number of hydrazine groups is 1. The van der Waals surface area contributed by atoms with Gasteiger partial charge in [0.15, 0.2) is 0 Å². The highest BCUT2D eigenvalue weighted by atomic mass is 19.4. The van der Waals surface area contributed by atoms with Crippen LogP contribution in [0.25, 0.3) is 5.52 Å². The topological polar surface area (TPSA) is 57.0 Å². The minimum atomic E-state index is -4.52. The molecule has 5 atom stereocenters. The monoisotopic (exact) mass is 548 g/mol. The van der Waals surface area contributed by atoms with E-state index in [4.69, 9.17) is 0 Å². The average molecular weight is 549 g/mol. The number of nitrogens with zero attached hydrogens (tertiary/aromatic N) is 4. The molecule has 4 aliphatic rings. The van der Waals surface area contributed by atoms with Gasteiger partial charge in [-0.15, -0.1) is 0 Å². The SMILES string of the molecule is C[C@H]1CCCN(Cc2cc(C(F)(F)F)c3cn(C4CCCC([C@H](C5CCC5)C5NNCN5C)C4)c(=O)n3c2)C1. The molecule has 3 unspecified atom stereocenters. The molecule has 2 saturated heterocycles. The fraction of sp³-hybridized carbons (Fsp3) is 0.759. The highest BCUT2D eigenvalue weighted by molar-refractivity contribution is 5.56. The molecular weight excluding hydrogens is 505 g/mol. The number of pyridine rings is 1. The van der Waals surface area contributed by atoms with E-state index >= 15 is 0 Å². The van der Waals surface area contributed by atoms with Crippen molar-refractivity contribution in [1.82, 2.24) is 29.6 Å². The van der Waals surface area contributed by atoms with Gasteiger partial charge < -0.3 is 0 Å². The van der Waals surface area contributed by atoms with Crippen molar-refractivity contribution in [2.45, 2.75) is 89.6 Å². The fourth-order valence-electron chi connectivity index (χ4n) is 7.93. The van der Waals surface area contributed by atoms with Crippen molar-refractivity contribution < 1.29 is 13.2 Å². The number of fused-ring (bicyclic) bond motifs is 1. The van der Waals surface area contributed by atoms with Crippen molar-refractivity contribution in [3.8, 4) is 0 Å². The Balaban J connectivity index is 1.31. The number of hydrogen-bond donors (Lipinski definition) is 2. The van der Waals surface area contributed by atoms with E-state index in [1.165, 1.54) is 35.9 Å². The summed E-state index contributed by atoms with van der Waals surface area (Å²) in [4.78, 5) is 18.2. The number of aromatic nitrogens is 2. The summed E-state index contributed by atoms with van der Waals surface area (Å²) in [6, 6.07) is 1.19. The lowest BCUT2D eigenvalue weighted by Crippen LogP contribution is -2.50. The molecule has 0 bridgehead atoms. The van der Waals surface area contributed by atoms with Crippen LogP contribution in [0.2, 0.25) is 0 Å². The van der Waals surface area contributed by atoms with E-state index in [9.17, 15) is 18.0 Å². The lowest BCUT2D eigenvalue weighted by atomic mass is 9.65. The van der Waals surface area contributed by atoms with E-state index in [2.05, 4.69) is 34.6 Å². The Labute approximate surface area is 228 Å². The summed E-state index contributed by atoms with van der Waals surface area (Å²) < 4.78 is 45.7. The van der Waals surface area contributed by atoms with Gasteiger partial charge in [-0.3, -0.25) is 18.8 Å². The van der Waals surface area contributed by atoms with Crippen LogP contribution in [-0.2, 0) is 12.7 Å². The molecule has 2 aromatic heterocycles. The Morgan fingerprint density at radius 1 is 1.05 bits per heavy atom. The van der Waals surface area contributed by atoms with Crippen LogP contribution in [0.1, 0.15) is 81.9 Å². The molecule has 39 heavy (non-hydrogen) atoms. The molecule has 0 spiro atoms. The zero-order valence-electron chi connectivity index (χ0n) is 23.2. The first-order valence-electron chi connectivity index (χ1n) is 14.9. The van der Waals surface area contributed by atoms with Gasteiger partial charge in [-0.05, 0) is 81.0 Å². The average Bonchev–Trinajstić information content (AvgIpc) is 3.43. The lowest BCUT2D eigenvalue weighted by Gasteiger charge is -2.46. The third-order valence-electron chi connectivity index (χ3n) is 10.0. The number of likely N-dealkylation sites (tertiary alicyclic amines) is 1. The van der Waals surface area contributed by atoms with E-state index < -0.39 is 11.7 Å². The molecule has 0 radical (unpaired) electrons. The molecule has 0 amide bonds. The first kappa shape index (κ1) is 27.3. The highest BCUT2D eigenvalue weighted by Crippen LogP contribution is 2.47. The van der Waals surface area contributed by atoms with Crippen LogP contribution >= 0.6 is 0 Å². The summed E-state index contributed by atoms with van der Waals surface area (Å²) >= 11 is 0. The molecule has 10 heteroatoms. The fourth-order valence-corrected chi connectivity index (χ4v) is 7.93. The molecule has 0 aromatic carbocycles. The van der Waals surface area contributed by atoms with E-state index in [-0.39, 0.29) is 23.4 Å². The van der Waals surface area contributed by atoms with Gasteiger partial charge in [0.2, 0.25) is 0 Å². The first-order chi connectivity index (χ1) is 18.7. The van der Waals surface area contributed by atoms with Gasteiger partial charge in [-0.25, -0.2) is 15.6 Å². The van der Waals surface area contributed by atoms with Crippen LogP contribution in [0.4, 0.5) is 13.2 Å². The van der Waals surface area contributed by atoms with Crippen LogP contribution in [-0.4, -0.2) is 51.7 Å². The number of halogens is 3. The van der Waals surface area contributed by atoms with Crippen LogP contribution in [0.3, 0.4) is 0 Å². The first-order valence-corrected chi connectivity index (χ1v) is 14.9. The predicted octanol–water partition coefficient (Wildman–Crippen LogP) is 4.82. The number of nitrogens with one attached hydrogen (secondary N) is 2. The van der Waals surface area contributed by atoms with Crippen molar-refractivity contribution in [2.24, 2.45) is 23.7 Å². The van der Waals surface area contributed by atoms with Gasteiger partial charge in [0.1, 0.15) is 0 Å². The Kier molecular flexibility index (Phi) is 7.58. The molecule has 2 aliphatic heterocycles. The Hall–Kier alpha value is -1.88. The molecule has 4 heterocycles. The summed E-state index contributed by atoms with van der Waals surface area (Å²) in [6.07, 6.45) is 8.59. The number of alkyl halides is 3. The van der Waals surface area contributed by atoms with Gasteiger partial charge in [0, 0.05) is 31.5 Å². The van der Waals surface area contributed by atoms with Crippen LogP contribution in [0.15, 0.2) is 23.3 Å². The highest BCUT2D eigenvalue weighted by Gasteiger charge is 2.44. The third kappa shape index (κ3) is 5.42. The quantitative estimate of drug-likeness (QED) is 0.542. The second-order valence-electron chi connectivity index (χ2n) is 12.8. The molecule has 2 saturated carbocycles. The number of hydrogen-bond acceptors (Lipinski definition) is 5. The van der Waals surface area contributed by atoms with Crippen molar-refractivity contribution in [3.63, 3.8) is 0 Å². The van der Waals surface area contributed by atoms with E-state index in [0.29, 0.717) is 35.8 Å². The number of rotatable bonds is 6. The minimum absolute atomic E-state index is 0.0256. The van der Waals surface area contributed by atoms with E-state index in [0.717, 1.165) is 58.3 Å². The number of imidazole rings is 1. The number of piperidine rings is 1. The summed E-state index contributed by atoms with van der Waals surface area (Å²) in [6.45, 7) is 5.18. The molecule has 2 aliphatic carbocycles. The Morgan fingerprint density at radius 3 is 2.49 bits per heavy atom. The smallest absolute Gasteiger partial charge is 0.299 e. The molecule has 7 nitrogen and oxygen atoms in total. The van der Waals surface area contributed by atoms with Crippen molar-refractivity contribution >= 4 is 5.52 Å². The van der Waals surface area contributed by atoms with Crippen molar-refractivity contribution in [2.75, 3.05) is 26.8 Å². The molecule has 216 valence electrons. The summed E-state index contributed by atoms with van der Waals surface area (Å²) in [5, 5.41) is 0. The van der Waals surface area contributed by atoms with E-state index in [1.807, 2.05) is 0 Å².